The standard InChI is InChI=1S/C17H24O2/c1-4-12-19-15-10-6-5-8-13(15)16(18)14-9-7-11-17(14,2)3/h5-6,8,10,14H,4,7,9,11-12H2,1-3H3. The Labute approximate surface area is 116 Å². The summed E-state index contributed by atoms with van der Waals surface area (Å²) in [6.45, 7) is 7.15. The van der Waals surface area contributed by atoms with Crippen LogP contribution in [0.5, 0.6) is 5.75 Å². The molecule has 1 aliphatic rings. The van der Waals surface area contributed by atoms with Crippen molar-refractivity contribution >= 4 is 5.78 Å². The van der Waals surface area contributed by atoms with Crippen molar-refractivity contribution in [3.8, 4) is 5.75 Å². The largest absolute Gasteiger partial charge is 0.493 e. The van der Waals surface area contributed by atoms with E-state index in [0.29, 0.717) is 6.61 Å². The lowest BCUT2D eigenvalue weighted by Gasteiger charge is -2.26. The second kappa shape index (κ2) is 5.77. The summed E-state index contributed by atoms with van der Waals surface area (Å²) in [5.41, 5.74) is 0.880. The number of hydrogen-bond acceptors (Lipinski definition) is 2. The number of Topliss-reactive ketones (excluding diaryl/α,β-unsaturated/α-hetero) is 1. The summed E-state index contributed by atoms with van der Waals surface area (Å²) < 4.78 is 5.71. The van der Waals surface area contributed by atoms with Crippen molar-refractivity contribution in [3.63, 3.8) is 0 Å². The Bertz CT molecular complexity index is 448. The number of hydrogen-bond donors (Lipinski definition) is 0. The van der Waals surface area contributed by atoms with E-state index in [2.05, 4.69) is 20.8 Å². The molecule has 0 aliphatic heterocycles. The smallest absolute Gasteiger partial charge is 0.170 e. The van der Waals surface area contributed by atoms with Crippen LogP contribution in [-0.2, 0) is 0 Å². The molecule has 1 saturated carbocycles. The maximum absolute atomic E-state index is 12.8. The molecule has 0 heterocycles. The van der Waals surface area contributed by atoms with Gasteiger partial charge in [0.2, 0.25) is 0 Å². The zero-order valence-electron chi connectivity index (χ0n) is 12.2. The second-order valence-corrected chi connectivity index (χ2v) is 6.14. The quantitative estimate of drug-likeness (QED) is 0.729. The van der Waals surface area contributed by atoms with Crippen LogP contribution in [0.2, 0.25) is 0 Å². The molecule has 0 radical (unpaired) electrons. The topological polar surface area (TPSA) is 26.3 Å². The molecular formula is C17H24O2. The lowest BCUT2D eigenvalue weighted by molar-refractivity contribution is 0.0835. The molecule has 1 unspecified atom stereocenters. The highest BCUT2D eigenvalue weighted by molar-refractivity contribution is 6.00. The highest BCUT2D eigenvalue weighted by atomic mass is 16.5. The predicted octanol–water partition coefficient (Wildman–Crippen LogP) is 4.48. The van der Waals surface area contributed by atoms with Crippen LogP contribution in [0.1, 0.15) is 56.8 Å². The first-order chi connectivity index (χ1) is 9.06. The monoisotopic (exact) mass is 260 g/mol. The minimum atomic E-state index is 0.120. The molecule has 2 rings (SSSR count). The van der Waals surface area contributed by atoms with Crippen molar-refractivity contribution in [2.75, 3.05) is 6.61 Å². The molecule has 0 bridgehead atoms. The van der Waals surface area contributed by atoms with Gasteiger partial charge in [-0.05, 0) is 36.8 Å². The Morgan fingerprint density at radius 1 is 1.37 bits per heavy atom. The summed E-state index contributed by atoms with van der Waals surface area (Å²) in [5, 5.41) is 0. The molecule has 0 spiro atoms. The van der Waals surface area contributed by atoms with Crippen molar-refractivity contribution in [1.29, 1.82) is 0 Å². The van der Waals surface area contributed by atoms with Crippen LogP contribution in [-0.4, -0.2) is 12.4 Å². The SMILES string of the molecule is CCCOc1ccccc1C(=O)C1CCCC1(C)C. The average Bonchev–Trinajstić information content (AvgIpc) is 2.75. The predicted molar refractivity (Wildman–Crippen MR) is 77.7 cm³/mol. The first kappa shape index (κ1) is 14.1. The van der Waals surface area contributed by atoms with Gasteiger partial charge in [-0.3, -0.25) is 4.79 Å². The normalized spacial score (nSPS) is 21.3. The van der Waals surface area contributed by atoms with Crippen LogP contribution in [0.4, 0.5) is 0 Å². The van der Waals surface area contributed by atoms with Crippen molar-refractivity contribution in [1.82, 2.24) is 0 Å². The first-order valence-corrected chi connectivity index (χ1v) is 7.32. The Morgan fingerprint density at radius 2 is 2.11 bits per heavy atom. The van der Waals surface area contributed by atoms with Gasteiger partial charge in [-0.2, -0.15) is 0 Å². The number of carbonyl (C=O) groups is 1. The summed E-state index contributed by atoms with van der Waals surface area (Å²) in [6, 6.07) is 7.67. The van der Waals surface area contributed by atoms with E-state index in [9.17, 15) is 4.79 Å². The Kier molecular flexibility index (Phi) is 4.28. The molecule has 0 N–H and O–H groups in total. The van der Waals surface area contributed by atoms with Gasteiger partial charge in [0.15, 0.2) is 5.78 Å². The van der Waals surface area contributed by atoms with Crippen molar-refractivity contribution in [2.24, 2.45) is 11.3 Å². The van der Waals surface area contributed by atoms with Gasteiger partial charge < -0.3 is 4.74 Å². The summed E-state index contributed by atoms with van der Waals surface area (Å²) in [6.07, 6.45) is 4.26. The van der Waals surface area contributed by atoms with E-state index < -0.39 is 0 Å². The number of para-hydroxylation sites is 1. The van der Waals surface area contributed by atoms with E-state index in [0.717, 1.165) is 37.0 Å². The molecule has 104 valence electrons. The third kappa shape index (κ3) is 2.99. The molecule has 1 aromatic rings. The number of rotatable bonds is 5. The van der Waals surface area contributed by atoms with Crippen LogP contribution in [0.25, 0.3) is 0 Å². The molecule has 0 aromatic heterocycles. The third-order valence-electron chi connectivity index (χ3n) is 4.19. The molecule has 1 atom stereocenters. The lowest BCUT2D eigenvalue weighted by Crippen LogP contribution is -2.26. The molecule has 2 heteroatoms. The molecule has 1 fully saturated rings. The highest BCUT2D eigenvalue weighted by Gasteiger charge is 2.40. The van der Waals surface area contributed by atoms with Gasteiger partial charge in [-0.25, -0.2) is 0 Å². The number of carbonyl (C=O) groups excluding carboxylic acids is 1. The maximum Gasteiger partial charge on any atom is 0.170 e. The summed E-state index contributed by atoms with van der Waals surface area (Å²) in [5.74, 6) is 1.14. The fourth-order valence-corrected chi connectivity index (χ4v) is 3.01. The van der Waals surface area contributed by atoms with Crippen LogP contribution in [0.3, 0.4) is 0 Å². The van der Waals surface area contributed by atoms with E-state index in [1.54, 1.807) is 0 Å². The van der Waals surface area contributed by atoms with Gasteiger partial charge in [-0.15, -0.1) is 0 Å². The Hall–Kier alpha value is -1.31. The highest BCUT2D eigenvalue weighted by Crippen LogP contribution is 2.44. The number of ketones is 1. The average molecular weight is 260 g/mol. The Morgan fingerprint density at radius 3 is 2.74 bits per heavy atom. The van der Waals surface area contributed by atoms with Crippen LogP contribution in [0.15, 0.2) is 24.3 Å². The zero-order chi connectivity index (χ0) is 13.9. The third-order valence-corrected chi connectivity index (χ3v) is 4.19. The molecule has 19 heavy (non-hydrogen) atoms. The van der Waals surface area contributed by atoms with Crippen LogP contribution in [0, 0.1) is 11.3 Å². The Balaban J connectivity index is 2.23. The van der Waals surface area contributed by atoms with Gasteiger partial charge in [-0.1, -0.05) is 39.3 Å². The number of ether oxygens (including phenoxy) is 1. The lowest BCUT2D eigenvalue weighted by atomic mass is 9.77. The van der Waals surface area contributed by atoms with Crippen LogP contribution < -0.4 is 4.74 Å². The summed E-state index contributed by atoms with van der Waals surface area (Å²) in [4.78, 5) is 12.8. The van der Waals surface area contributed by atoms with E-state index in [-0.39, 0.29) is 17.1 Å². The van der Waals surface area contributed by atoms with Gasteiger partial charge in [0.05, 0.1) is 12.2 Å². The zero-order valence-corrected chi connectivity index (χ0v) is 12.2. The number of benzene rings is 1. The fourth-order valence-electron chi connectivity index (χ4n) is 3.01. The van der Waals surface area contributed by atoms with Gasteiger partial charge in [0.1, 0.15) is 5.75 Å². The minimum absolute atomic E-state index is 0.120. The molecule has 1 aliphatic carbocycles. The fraction of sp³-hybridized carbons (Fsp3) is 0.588. The van der Waals surface area contributed by atoms with Crippen molar-refractivity contribution in [2.45, 2.75) is 46.5 Å². The van der Waals surface area contributed by atoms with Crippen molar-refractivity contribution in [3.05, 3.63) is 29.8 Å². The van der Waals surface area contributed by atoms with E-state index in [4.69, 9.17) is 4.74 Å². The van der Waals surface area contributed by atoms with E-state index >= 15 is 0 Å². The minimum Gasteiger partial charge on any atom is -0.493 e. The molecule has 2 nitrogen and oxygen atoms in total. The van der Waals surface area contributed by atoms with E-state index in [1.165, 1.54) is 0 Å². The second-order valence-electron chi connectivity index (χ2n) is 6.14. The first-order valence-electron chi connectivity index (χ1n) is 7.32. The molecule has 0 amide bonds. The molecular weight excluding hydrogens is 236 g/mol. The molecule has 0 saturated heterocycles. The maximum atomic E-state index is 12.8. The van der Waals surface area contributed by atoms with E-state index in [1.807, 2.05) is 24.3 Å². The van der Waals surface area contributed by atoms with Gasteiger partial charge in [0, 0.05) is 5.92 Å². The van der Waals surface area contributed by atoms with Gasteiger partial charge in [0.25, 0.3) is 0 Å². The molecule has 1 aromatic carbocycles. The van der Waals surface area contributed by atoms with Crippen LogP contribution >= 0.6 is 0 Å². The summed E-state index contributed by atoms with van der Waals surface area (Å²) >= 11 is 0. The van der Waals surface area contributed by atoms with Crippen molar-refractivity contribution < 1.29 is 9.53 Å². The summed E-state index contributed by atoms with van der Waals surface area (Å²) in [7, 11) is 0. The van der Waals surface area contributed by atoms with Gasteiger partial charge >= 0.3 is 0 Å².